The van der Waals surface area contributed by atoms with Crippen molar-refractivity contribution in [3.05, 3.63) is 44.2 Å². The molecule has 98 valence electrons. The molecule has 0 radical (unpaired) electrons. The van der Waals surface area contributed by atoms with Crippen molar-refractivity contribution in [1.82, 2.24) is 9.78 Å². The van der Waals surface area contributed by atoms with E-state index in [1.807, 2.05) is 18.2 Å². The summed E-state index contributed by atoms with van der Waals surface area (Å²) in [7, 11) is 0. The predicted octanol–water partition coefficient (Wildman–Crippen LogP) is 0.688. The summed E-state index contributed by atoms with van der Waals surface area (Å²) >= 11 is -0.490. The molecule has 0 saturated heterocycles. The number of hydrogen-bond donors (Lipinski definition) is 0. The molecule has 0 aliphatic rings. The quantitative estimate of drug-likeness (QED) is 0.358. The van der Waals surface area contributed by atoms with Crippen molar-refractivity contribution in [1.29, 1.82) is 0 Å². The number of para-hydroxylation sites is 1. The zero-order chi connectivity index (χ0) is 13.7. The molecule has 0 atom stereocenters. The molecule has 0 unspecified atom stereocenters. The van der Waals surface area contributed by atoms with Gasteiger partial charge in [0.05, 0.1) is 0 Å². The fourth-order valence-electron chi connectivity index (χ4n) is 1.39. The third kappa shape index (κ3) is 3.04. The van der Waals surface area contributed by atoms with Crippen LogP contribution in [-0.4, -0.2) is 36.9 Å². The third-order valence-corrected chi connectivity index (χ3v) is 3.98. The van der Waals surface area contributed by atoms with Gasteiger partial charge in [0.2, 0.25) is 0 Å². The van der Waals surface area contributed by atoms with E-state index < -0.39 is 20.5 Å². The number of nitrogens with zero attached hydrogens (tertiary/aromatic N) is 4. The Labute approximate surface area is 114 Å². The van der Waals surface area contributed by atoms with E-state index in [1.54, 1.807) is 19.1 Å². The molecule has 2 rings (SSSR count). The second kappa shape index (κ2) is 6.21. The molecule has 1 heterocycles. The first kappa shape index (κ1) is 13.4. The average molecular weight is 325 g/mol. The Kier molecular flexibility index (Phi) is 4.38. The van der Waals surface area contributed by atoms with Crippen molar-refractivity contribution in [2.45, 2.75) is 6.92 Å². The van der Waals surface area contributed by atoms with Gasteiger partial charge >= 0.3 is 114 Å². The minimum atomic E-state index is -0.490. The van der Waals surface area contributed by atoms with Gasteiger partial charge in [0.25, 0.3) is 0 Å². The first-order valence-corrected chi connectivity index (χ1v) is 7.16. The minimum absolute atomic E-state index is 0.264. The van der Waals surface area contributed by atoms with Crippen LogP contribution in [0.3, 0.4) is 0 Å². The van der Waals surface area contributed by atoms with Crippen LogP contribution >= 0.6 is 0 Å². The van der Waals surface area contributed by atoms with Gasteiger partial charge in [0.1, 0.15) is 0 Å². The van der Waals surface area contributed by atoms with Crippen LogP contribution in [0.2, 0.25) is 0 Å². The number of benzene rings is 1. The molecular weight excluding hydrogens is 315 g/mol. The molecule has 1 aromatic heterocycles. The fourth-order valence-corrected chi connectivity index (χ4v) is 2.96. The number of aromatic nitrogens is 2. The molecule has 19 heavy (non-hydrogen) atoms. The molecular formula is C11H10N4O3Se. The summed E-state index contributed by atoms with van der Waals surface area (Å²) in [6.45, 7) is 2.00. The summed E-state index contributed by atoms with van der Waals surface area (Å²) in [6, 6.07) is 9.11. The Morgan fingerprint density at radius 3 is 2.79 bits per heavy atom. The first-order valence-electron chi connectivity index (χ1n) is 5.45. The SMILES string of the molecule is CCOC(=O)c1nn(-c2ccccc2)/c(=N/N=O)[se]1. The monoisotopic (exact) mass is 326 g/mol. The van der Waals surface area contributed by atoms with Gasteiger partial charge in [-0.25, -0.2) is 0 Å². The molecule has 0 amide bonds. The Balaban J connectivity index is 2.51. The van der Waals surface area contributed by atoms with E-state index in [2.05, 4.69) is 15.5 Å². The van der Waals surface area contributed by atoms with Crippen LogP contribution in [-0.2, 0) is 4.74 Å². The molecule has 0 spiro atoms. The molecule has 0 aliphatic heterocycles. The zero-order valence-electron chi connectivity index (χ0n) is 10.0. The van der Waals surface area contributed by atoms with Gasteiger partial charge in [-0.05, 0) is 0 Å². The van der Waals surface area contributed by atoms with Crippen LogP contribution in [0.15, 0.2) is 40.7 Å². The topological polar surface area (TPSA) is 85.9 Å². The normalized spacial score (nSPS) is 11.3. The van der Waals surface area contributed by atoms with Crippen molar-refractivity contribution in [3.63, 3.8) is 0 Å². The maximum absolute atomic E-state index is 11.6. The number of hydrogen-bond acceptors (Lipinski definition) is 5. The molecule has 7 nitrogen and oxygen atoms in total. The zero-order valence-corrected chi connectivity index (χ0v) is 11.7. The molecule has 0 bridgehead atoms. The summed E-state index contributed by atoms with van der Waals surface area (Å²) in [4.78, 5) is 22.0. The van der Waals surface area contributed by atoms with E-state index in [9.17, 15) is 9.70 Å². The third-order valence-electron chi connectivity index (χ3n) is 2.14. The van der Waals surface area contributed by atoms with Crippen LogP contribution in [0, 0.1) is 4.91 Å². The van der Waals surface area contributed by atoms with Gasteiger partial charge in [-0.2, -0.15) is 0 Å². The summed E-state index contributed by atoms with van der Waals surface area (Å²) in [5.74, 6) is -0.487. The van der Waals surface area contributed by atoms with Crippen molar-refractivity contribution >= 4 is 20.5 Å². The summed E-state index contributed by atoms with van der Waals surface area (Å²) in [5.41, 5.74) is 0.714. The number of ether oxygens (including phenoxy) is 1. The van der Waals surface area contributed by atoms with Gasteiger partial charge in [-0.1, -0.05) is 0 Å². The standard InChI is InChI=1S/C11H10N4O3Se/c1-2-18-10(16)9-13-15(11(19-9)12-14-17)8-6-4-3-5-7-8/h3-7H,2H2,1H3/b12-11-. The Morgan fingerprint density at radius 1 is 1.42 bits per heavy atom. The van der Waals surface area contributed by atoms with E-state index >= 15 is 0 Å². The number of rotatable bonds is 4. The van der Waals surface area contributed by atoms with E-state index in [-0.39, 0.29) is 11.2 Å². The molecule has 0 N–H and O–H groups in total. The van der Waals surface area contributed by atoms with E-state index in [0.717, 1.165) is 0 Å². The van der Waals surface area contributed by atoms with Crippen LogP contribution < -0.4 is 4.36 Å². The van der Waals surface area contributed by atoms with Gasteiger partial charge in [0, 0.05) is 0 Å². The number of esters is 1. The summed E-state index contributed by atoms with van der Waals surface area (Å²) in [5, 5.41) is 10.2. The van der Waals surface area contributed by atoms with Crippen molar-refractivity contribution in [2.24, 2.45) is 10.4 Å². The van der Waals surface area contributed by atoms with Crippen molar-refractivity contribution in [2.75, 3.05) is 6.61 Å². The molecule has 1 aromatic carbocycles. The number of carbonyl (C=O) groups excluding carboxylic acids is 1. The van der Waals surface area contributed by atoms with Crippen LogP contribution in [0.1, 0.15) is 16.3 Å². The van der Waals surface area contributed by atoms with Crippen LogP contribution in [0.5, 0.6) is 0 Å². The second-order valence-electron chi connectivity index (χ2n) is 3.34. The Morgan fingerprint density at radius 2 is 2.16 bits per heavy atom. The first-order chi connectivity index (χ1) is 9.26. The molecule has 0 saturated carbocycles. The van der Waals surface area contributed by atoms with E-state index in [1.165, 1.54) is 4.68 Å². The van der Waals surface area contributed by atoms with Crippen molar-refractivity contribution < 1.29 is 9.53 Å². The van der Waals surface area contributed by atoms with E-state index in [4.69, 9.17) is 4.74 Å². The molecule has 0 aliphatic carbocycles. The predicted molar refractivity (Wildman–Crippen MR) is 67.8 cm³/mol. The fraction of sp³-hybridized carbons (Fsp3) is 0.182. The van der Waals surface area contributed by atoms with Gasteiger partial charge in [0.15, 0.2) is 0 Å². The Bertz CT molecular complexity index is 647. The van der Waals surface area contributed by atoms with Gasteiger partial charge in [-0.3, -0.25) is 0 Å². The van der Waals surface area contributed by atoms with Crippen LogP contribution in [0.25, 0.3) is 5.69 Å². The molecule has 0 fully saturated rings. The number of nitroso groups, excluding NO2 is 1. The number of carbonyl (C=O) groups is 1. The summed E-state index contributed by atoms with van der Waals surface area (Å²) in [6.07, 6.45) is 0. The van der Waals surface area contributed by atoms with Gasteiger partial charge < -0.3 is 0 Å². The Hall–Kier alpha value is -2.05. The summed E-state index contributed by atoms with van der Waals surface area (Å²) < 4.78 is 6.95. The average Bonchev–Trinajstić information content (AvgIpc) is 2.85. The van der Waals surface area contributed by atoms with Crippen molar-refractivity contribution in [3.8, 4) is 5.69 Å². The van der Waals surface area contributed by atoms with Crippen LogP contribution in [0.4, 0.5) is 0 Å². The van der Waals surface area contributed by atoms with E-state index in [0.29, 0.717) is 10.0 Å². The molecule has 2 aromatic rings. The molecule has 8 heteroatoms. The van der Waals surface area contributed by atoms with Gasteiger partial charge in [-0.15, -0.1) is 0 Å². The second-order valence-corrected chi connectivity index (χ2v) is 5.34. The maximum atomic E-state index is 11.6.